The Morgan fingerprint density at radius 3 is 2.45 bits per heavy atom. The van der Waals surface area contributed by atoms with Gasteiger partial charge >= 0.3 is 0 Å². The van der Waals surface area contributed by atoms with Gasteiger partial charge in [0, 0.05) is 17.7 Å². The number of aromatic nitrogens is 1. The molecule has 0 atom stereocenters. The van der Waals surface area contributed by atoms with Gasteiger partial charge in [0.1, 0.15) is 7.14 Å². The summed E-state index contributed by atoms with van der Waals surface area (Å²) in [6.07, 6.45) is 3.14. The minimum atomic E-state index is -2.19. The van der Waals surface area contributed by atoms with Crippen LogP contribution in [0.15, 0.2) is 18.5 Å². The zero-order valence-electron chi connectivity index (χ0n) is 6.61. The van der Waals surface area contributed by atoms with E-state index in [0.717, 1.165) is 5.30 Å². The van der Waals surface area contributed by atoms with Crippen LogP contribution >= 0.6 is 7.14 Å². The van der Waals surface area contributed by atoms with E-state index in [4.69, 9.17) is 5.73 Å². The summed E-state index contributed by atoms with van der Waals surface area (Å²) in [4.78, 5) is 3.85. The van der Waals surface area contributed by atoms with Crippen LogP contribution in [0.3, 0.4) is 0 Å². The van der Waals surface area contributed by atoms with E-state index in [0.29, 0.717) is 5.69 Å². The third-order valence-corrected chi connectivity index (χ3v) is 2.85. The number of nitrogens with two attached hydrogens (primary N) is 1. The second-order valence-corrected chi connectivity index (χ2v) is 6.05. The lowest BCUT2D eigenvalue weighted by molar-refractivity contribution is 0.588. The molecule has 1 heterocycles. The molecule has 0 spiro atoms. The zero-order valence-corrected chi connectivity index (χ0v) is 7.51. The fourth-order valence-corrected chi connectivity index (χ4v) is 1.54. The zero-order chi connectivity index (χ0) is 8.48. The highest BCUT2D eigenvalue weighted by Crippen LogP contribution is 2.34. The molecule has 0 aliphatic rings. The smallest absolute Gasteiger partial charge is 0.111 e. The highest BCUT2D eigenvalue weighted by molar-refractivity contribution is 7.70. The first-order chi connectivity index (χ1) is 5.00. The lowest BCUT2D eigenvalue weighted by Crippen LogP contribution is -2.05. The topological polar surface area (TPSA) is 56.0 Å². The Bertz CT molecular complexity index is 305. The van der Waals surface area contributed by atoms with Crippen molar-refractivity contribution in [2.45, 2.75) is 0 Å². The van der Waals surface area contributed by atoms with Gasteiger partial charge in [0.05, 0.1) is 5.69 Å². The summed E-state index contributed by atoms with van der Waals surface area (Å²) < 4.78 is 11.5. The van der Waals surface area contributed by atoms with Crippen molar-refractivity contribution >= 4 is 18.1 Å². The molecule has 0 saturated heterocycles. The Morgan fingerprint density at radius 2 is 2.09 bits per heavy atom. The number of anilines is 1. The van der Waals surface area contributed by atoms with Crippen molar-refractivity contribution in [3.63, 3.8) is 0 Å². The van der Waals surface area contributed by atoms with Gasteiger partial charge in [-0.25, -0.2) is 0 Å². The average molecular weight is 170 g/mol. The third-order valence-electron chi connectivity index (χ3n) is 1.37. The van der Waals surface area contributed by atoms with E-state index >= 15 is 0 Å². The summed E-state index contributed by atoms with van der Waals surface area (Å²) in [5.41, 5.74) is 6.03. The molecule has 0 aliphatic carbocycles. The number of hydrogen-bond acceptors (Lipinski definition) is 3. The molecule has 11 heavy (non-hydrogen) atoms. The lowest BCUT2D eigenvalue weighted by Gasteiger charge is -2.05. The largest absolute Gasteiger partial charge is 0.397 e. The molecule has 0 aromatic carbocycles. The lowest BCUT2D eigenvalue weighted by atomic mass is 10.4. The van der Waals surface area contributed by atoms with Crippen molar-refractivity contribution in [3.8, 4) is 0 Å². The molecule has 0 fully saturated rings. The first kappa shape index (κ1) is 8.28. The minimum absolute atomic E-state index is 0.562. The monoisotopic (exact) mass is 170 g/mol. The van der Waals surface area contributed by atoms with Crippen LogP contribution in [0.1, 0.15) is 0 Å². The summed E-state index contributed by atoms with van der Waals surface area (Å²) in [7, 11) is -2.19. The maximum absolute atomic E-state index is 11.5. The van der Waals surface area contributed by atoms with E-state index in [2.05, 4.69) is 4.98 Å². The molecule has 60 valence electrons. The van der Waals surface area contributed by atoms with Crippen LogP contribution in [-0.2, 0) is 4.57 Å². The van der Waals surface area contributed by atoms with Crippen LogP contribution in [0.25, 0.3) is 0 Å². The molecule has 0 amide bonds. The molecule has 0 bridgehead atoms. The highest BCUT2D eigenvalue weighted by atomic mass is 31.2. The van der Waals surface area contributed by atoms with Crippen molar-refractivity contribution in [3.05, 3.63) is 18.5 Å². The van der Waals surface area contributed by atoms with Crippen LogP contribution in [-0.4, -0.2) is 18.3 Å². The van der Waals surface area contributed by atoms with Crippen molar-refractivity contribution in [1.82, 2.24) is 4.98 Å². The molecule has 0 saturated carbocycles. The molecule has 1 rings (SSSR count). The number of pyridine rings is 1. The van der Waals surface area contributed by atoms with Crippen molar-refractivity contribution in [2.75, 3.05) is 19.1 Å². The predicted octanol–water partition coefficient (Wildman–Crippen LogP) is 0.912. The van der Waals surface area contributed by atoms with Gasteiger partial charge in [-0.05, 0) is 19.4 Å². The van der Waals surface area contributed by atoms with Crippen molar-refractivity contribution in [2.24, 2.45) is 0 Å². The van der Waals surface area contributed by atoms with Crippen molar-refractivity contribution in [1.29, 1.82) is 0 Å². The van der Waals surface area contributed by atoms with Gasteiger partial charge in [-0.15, -0.1) is 0 Å². The SMILES string of the molecule is CP(C)(=O)c1cncc(N)c1. The molecule has 0 radical (unpaired) electrons. The van der Waals surface area contributed by atoms with Crippen LogP contribution in [0.4, 0.5) is 5.69 Å². The molecule has 2 N–H and O–H groups in total. The van der Waals surface area contributed by atoms with Gasteiger partial charge in [-0.3, -0.25) is 4.98 Å². The van der Waals surface area contributed by atoms with E-state index in [1.165, 1.54) is 0 Å². The normalized spacial score (nSPS) is 11.5. The van der Waals surface area contributed by atoms with Gasteiger partial charge in [-0.1, -0.05) is 0 Å². The second kappa shape index (κ2) is 2.67. The maximum atomic E-state index is 11.5. The molecule has 1 aromatic rings. The first-order valence-electron chi connectivity index (χ1n) is 3.26. The predicted molar refractivity (Wildman–Crippen MR) is 47.7 cm³/mol. The number of rotatable bonds is 1. The quantitative estimate of drug-likeness (QED) is 0.637. The van der Waals surface area contributed by atoms with E-state index in [1.54, 1.807) is 31.8 Å². The van der Waals surface area contributed by atoms with Gasteiger partial charge in [0.25, 0.3) is 0 Å². The minimum Gasteiger partial charge on any atom is -0.397 e. The van der Waals surface area contributed by atoms with Crippen LogP contribution in [0.5, 0.6) is 0 Å². The Morgan fingerprint density at radius 1 is 1.45 bits per heavy atom. The molecule has 1 aromatic heterocycles. The number of hydrogen-bond donors (Lipinski definition) is 1. The Labute approximate surface area is 66.0 Å². The van der Waals surface area contributed by atoms with Gasteiger partial charge in [0.15, 0.2) is 0 Å². The third kappa shape index (κ3) is 2.05. The molecule has 3 nitrogen and oxygen atoms in total. The van der Waals surface area contributed by atoms with Gasteiger partial charge in [-0.2, -0.15) is 0 Å². The second-order valence-electron chi connectivity index (χ2n) is 2.83. The summed E-state index contributed by atoms with van der Waals surface area (Å²) in [5, 5.41) is 0.734. The van der Waals surface area contributed by atoms with E-state index < -0.39 is 7.14 Å². The summed E-state index contributed by atoms with van der Waals surface area (Å²) >= 11 is 0. The summed E-state index contributed by atoms with van der Waals surface area (Å²) in [5.74, 6) is 0. The Hall–Kier alpha value is -0.820. The standard InChI is InChI=1S/C7H11N2OP/c1-11(2,10)7-3-6(8)4-9-5-7/h3-5H,8H2,1-2H3. The molecule has 4 heteroatoms. The molecule has 0 unspecified atom stereocenters. The highest BCUT2D eigenvalue weighted by Gasteiger charge is 2.10. The molecule has 0 aliphatic heterocycles. The fourth-order valence-electron chi connectivity index (χ4n) is 0.739. The first-order valence-corrected chi connectivity index (χ1v) is 5.86. The van der Waals surface area contributed by atoms with E-state index in [9.17, 15) is 4.57 Å². The molecular formula is C7H11N2OP. The average Bonchev–Trinajstić information content (AvgIpc) is 1.86. The van der Waals surface area contributed by atoms with E-state index in [1.807, 2.05) is 0 Å². The maximum Gasteiger partial charge on any atom is 0.111 e. The van der Waals surface area contributed by atoms with Crippen LogP contribution < -0.4 is 11.0 Å². The van der Waals surface area contributed by atoms with Gasteiger partial charge < -0.3 is 10.3 Å². The molecular weight excluding hydrogens is 159 g/mol. The summed E-state index contributed by atoms with van der Waals surface area (Å²) in [6.45, 7) is 3.40. The number of nitrogen functional groups attached to an aromatic ring is 1. The Balaban J connectivity index is 3.17. The number of nitrogens with zero attached hydrogens (tertiary/aromatic N) is 1. The van der Waals surface area contributed by atoms with Crippen molar-refractivity contribution < 1.29 is 4.57 Å². The Kier molecular flexibility index (Phi) is 2.01. The van der Waals surface area contributed by atoms with E-state index in [-0.39, 0.29) is 0 Å². The van der Waals surface area contributed by atoms with Crippen LogP contribution in [0, 0.1) is 0 Å². The van der Waals surface area contributed by atoms with Crippen LogP contribution in [0.2, 0.25) is 0 Å². The summed E-state index contributed by atoms with van der Waals surface area (Å²) in [6, 6.07) is 1.70. The van der Waals surface area contributed by atoms with Gasteiger partial charge in [0.2, 0.25) is 0 Å². The fraction of sp³-hybridized carbons (Fsp3) is 0.286.